The van der Waals surface area contributed by atoms with Crippen LogP contribution in [0, 0.1) is 34.6 Å². The largest absolute Gasteiger partial charge is 0.322 e. The molecular weight excluding hydrogens is 234 g/mol. The molecule has 1 unspecified atom stereocenters. The predicted molar refractivity (Wildman–Crippen MR) is 79.3 cm³/mol. The highest BCUT2D eigenvalue weighted by molar-refractivity contribution is 5.33. The van der Waals surface area contributed by atoms with Crippen molar-refractivity contribution < 1.29 is 0 Å². The minimum absolute atomic E-state index is 0.0164. The number of hydrogen-bond donors (Lipinski definition) is 1. The van der Waals surface area contributed by atoms with Gasteiger partial charge < -0.3 is 5.73 Å². The molecule has 0 fully saturated rings. The quantitative estimate of drug-likeness (QED) is 0.918. The maximum absolute atomic E-state index is 6.36. The van der Waals surface area contributed by atoms with Gasteiger partial charge in [0.05, 0.1) is 12.2 Å². The standard InChI is InChI=1S/C16H23N3/c1-10-6-7-11(2)15(8-10)16(17)9-19-14(5)12(3)13(4)18-19/h6-8,16H,9,17H2,1-5H3. The molecule has 102 valence electrons. The normalized spacial score (nSPS) is 12.7. The highest BCUT2D eigenvalue weighted by atomic mass is 15.3. The van der Waals surface area contributed by atoms with Crippen LogP contribution in [0.1, 0.15) is 39.7 Å². The van der Waals surface area contributed by atoms with E-state index in [9.17, 15) is 0 Å². The van der Waals surface area contributed by atoms with E-state index in [0.717, 1.165) is 12.2 Å². The summed E-state index contributed by atoms with van der Waals surface area (Å²) in [7, 11) is 0. The molecule has 0 saturated heterocycles. The second-order valence-electron chi connectivity index (χ2n) is 5.44. The lowest BCUT2D eigenvalue weighted by atomic mass is 9.99. The molecule has 0 radical (unpaired) electrons. The van der Waals surface area contributed by atoms with Crippen molar-refractivity contribution in [1.82, 2.24) is 9.78 Å². The maximum Gasteiger partial charge on any atom is 0.0625 e. The minimum Gasteiger partial charge on any atom is -0.322 e. The van der Waals surface area contributed by atoms with Crippen molar-refractivity contribution in [2.45, 2.75) is 47.2 Å². The molecule has 1 atom stereocenters. The number of rotatable bonds is 3. The first kappa shape index (κ1) is 13.8. The summed E-state index contributed by atoms with van der Waals surface area (Å²) in [5, 5.41) is 4.56. The third-order valence-electron chi connectivity index (χ3n) is 3.95. The van der Waals surface area contributed by atoms with Gasteiger partial charge in [0.2, 0.25) is 0 Å². The summed E-state index contributed by atoms with van der Waals surface area (Å²) in [6.07, 6.45) is 0. The monoisotopic (exact) mass is 257 g/mol. The van der Waals surface area contributed by atoms with E-state index in [-0.39, 0.29) is 6.04 Å². The van der Waals surface area contributed by atoms with E-state index < -0.39 is 0 Å². The fraction of sp³-hybridized carbons (Fsp3) is 0.438. The first-order chi connectivity index (χ1) is 8.90. The third-order valence-corrected chi connectivity index (χ3v) is 3.95. The zero-order chi connectivity index (χ0) is 14.2. The number of nitrogens with two attached hydrogens (primary N) is 1. The second-order valence-corrected chi connectivity index (χ2v) is 5.44. The number of aromatic nitrogens is 2. The van der Waals surface area contributed by atoms with Gasteiger partial charge in [0.15, 0.2) is 0 Å². The van der Waals surface area contributed by atoms with E-state index in [1.807, 2.05) is 11.6 Å². The van der Waals surface area contributed by atoms with E-state index in [1.165, 1.54) is 27.9 Å². The van der Waals surface area contributed by atoms with Crippen LogP contribution in [-0.4, -0.2) is 9.78 Å². The highest BCUT2D eigenvalue weighted by Crippen LogP contribution is 2.20. The molecule has 1 heterocycles. The molecule has 0 aliphatic rings. The van der Waals surface area contributed by atoms with E-state index in [4.69, 9.17) is 5.73 Å². The maximum atomic E-state index is 6.36. The SMILES string of the molecule is Cc1ccc(C)c(C(N)Cn2nc(C)c(C)c2C)c1. The molecule has 0 amide bonds. The average Bonchev–Trinajstić information content (AvgIpc) is 2.60. The van der Waals surface area contributed by atoms with Gasteiger partial charge >= 0.3 is 0 Å². The van der Waals surface area contributed by atoms with E-state index >= 15 is 0 Å². The van der Waals surface area contributed by atoms with Gasteiger partial charge in [-0.1, -0.05) is 23.8 Å². The van der Waals surface area contributed by atoms with Gasteiger partial charge in [-0.3, -0.25) is 4.68 Å². The van der Waals surface area contributed by atoms with Gasteiger partial charge in [0.25, 0.3) is 0 Å². The molecule has 19 heavy (non-hydrogen) atoms. The van der Waals surface area contributed by atoms with Crippen LogP contribution >= 0.6 is 0 Å². The topological polar surface area (TPSA) is 43.8 Å². The Balaban J connectivity index is 2.27. The zero-order valence-electron chi connectivity index (χ0n) is 12.5. The Hall–Kier alpha value is -1.61. The van der Waals surface area contributed by atoms with Crippen molar-refractivity contribution in [2.75, 3.05) is 0 Å². The summed E-state index contributed by atoms with van der Waals surface area (Å²) >= 11 is 0. The van der Waals surface area contributed by atoms with Crippen molar-refractivity contribution in [1.29, 1.82) is 0 Å². The van der Waals surface area contributed by atoms with Gasteiger partial charge in [-0.15, -0.1) is 0 Å². The van der Waals surface area contributed by atoms with Crippen LogP contribution in [0.25, 0.3) is 0 Å². The lowest BCUT2D eigenvalue weighted by Crippen LogP contribution is -2.20. The summed E-state index contributed by atoms with van der Waals surface area (Å²) < 4.78 is 2.02. The molecule has 1 aromatic heterocycles. The van der Waals surface area contributed by atoms with Crippen LogP contribution < -0.4 is 5.73 Å². The van der Waals surface area contributed by atoms with Gasteiger partial charge in [0.1, 0.15) is 0 Å². The molecule has 1 aromatic carbocycles. The fourth-order valence-corrected chi connectivity index (χ4v) is 2.41. The van der Waals surface area contributed by atoms with Crippen LogP contribution in [0.5, 0.6) is 0 Å². The Kier molecular flexibility index (Phi) is 3.76. The molecule has 0 aliphatic carbocycles. The van der Waals surface area contributed by atoms with Gasteiger partial charge in [-0.2, -0.15) is 5.10 Å². The number of aryl methyl sites for hydroxylation is 3. The smallest absolute Gasteiger partial charge is 0.0625 e. The predicted octanol–water partition coefficient (Wildman–Crippen LogP) is 3.13. The van der Waals surface area contributed by atoms with E-state index in [2.05, 4.69) is 51.0 Å². The van der Waals surface area contributed by atoms with Crippen molar-refractivity contribution in [2.24, 2.45) is 5.73 Å². The van der Waals surface area contributed by atoms with Gasteiger partial charge in [-0.25, -0.2) is 0 Å². The van der Waals surface area contributed by atoms with Crippen LogP contribution in [0.3, 0.4) is 0 Å². The Labute approximate surface area is 115 Å². The average molecular weight is 257 g/mol. The van der Waals surface area contributed by atoms with Crippen molar-refractivity contribution >= 4 is 0 Å². The highest BCUT2D eigenvalue weighted by Gasteiger charge is 2.14. The molecule has 3 heteroatoms. The summed E-state index contributed by atoms with van der Waals surface area (Å²) in [4.78, 5) is 0. The zero-order valence-corrected chi connectivity index (χ0v) is 12.5. The van der Waals surface area contributed by atoms with Crippen LogP contribution in [0.4, 0.5) is 0 Å². The first-order valence-corrected chi connectivity index (χ1v) is 6.73. The lowest BCUT2D eigenvalue weighted by molar-refractivity contribution is 0.513. The summed E-state index contributed by atoms with van der Waals surface area (Å²) in [6.45, 7) is 11.2. The Bertz CT molecular complexity index is 596. The first-order valence-electron chi connectivity index (χ1n) is 6.73. The molecule has 0 saturated carbocycles. The van der Waals surface area contributed by atoms with Gasteiger partial charge in [-0.05, 0) is 51.3 Å². The number of benzene rings is 1. The Morgan fingerprint density at radius 1 is 1.16 bits per heavy atom. The van der Waals surface area contributed by atoms with Gasteiger partial charge in [0, 0.05) is 11.7 Å². The van der Waals surface area contributed by atoms with Crippen molar-refractivity contribution in [3.63, 3.8) is 0 Å². The molecule has 3 nitrogen and oxygen atoms in total. The van der Waals surface area contributed by atoms with Crippen molar-refractivity contribution in [3.8, 4) is 0 Å². The molecule has 2 aromatic rings. The second kappa shape index (κ2) is 5.17. The number of hydrogen-bond acceptors (Lipinski definition) is 2. The Morgan fingerprint density at radius 2 is 1.84 bits per heavy atom. The fourth-order valence-electron chi connectivity index (χ4n) is 2.41. The molecule has 0 spiro atoms. The molecular formula is C16H23N3. The summed E-state index contributed by atoms with van der Waals surface area (Å²) in [5.41, 5.74) is 13.6. The van der Waals surface area contributed by atoms with Crippen LogP contribution in [0.15, 0.2) is 18.2 Å². The van der Waals surface area contributed by atoms with E-state index in [1.54, 1.807) is 0 Å². The van der Waals surface area contributed by atoms with Crippen LogP contribution in [-0.2, 0) is 6.54 Å². The molecule has 0 aliphatic heterocycles. The molecule has 0 bridgehead atoms. The van der Waals surface area contributed by atoms with E-state index in [0.29, 0.717) is 0 Å². The minimum atomic E-state index is -0.0164. The van der Waals surface area contributed by atoms with Crippen molar-refractivity contribution in [3.05, 3.63) is 51.8 Å². The molecule has 2 N–H and O–H groups in total. The third kappa shape index (κ3) is 2.71. The molecule has 2 rings (SSSR count). The van der Waals surface area contributed by atoms with Crippen LogP contribution in [0.2, 0.25) is 0 Å². The lowest BCUT2D eigenvalue weighted by Gasteiger charge is -2.16. The summed E-state index contributed by atoms with van der Waals surface area (Å²) in [6, 6.07) is 6.42. The Morgan fingerprint density at radius 3 is 2.42 bits per heavy atom. The summed E-state index contributed by atoms with van der Waals surface area (Å²) in [5.74, 6) is 0. The number of nitrogens with zero attached hydrogens (tertiary/aromatic N) is 2.